The molecule has 7 heteroatoms. The molecule has 0 spiro atoms. The van der Waals surface area contributed by atoms with Gasteiger partial charge in [-0.25, -0.2) is 18.1 Å². The summed E-state index contributed by atoms with van der Waals surface area (Å²) in [7, 11) is -2.95. The SMILES string of the molecule is CCCS(=O)(=O)CCn1ncnc1CNCC. The maximum absolute atomic E-state index is 11.6. The zero-order chi connectivity index (χ0) is 12.7. The average Bonchev–Trinajstić information content (AvgIpc) is 2.71. The molecule has 1 N–H and O–H groups in total. The second-order valence-corrected chi connectivity index (χ2v) is 6.14. The highest BCUT2D eigenvalue weighted by atomic mass is 32.2. The molecule has 0 saturated heterocycles. The lowest BCUT2D eigenvalue weighted by molar-refractivity contribution is 0.559. The van der Waals surface area contributed by atoms with E-state index in [1.165, 1.54) is 6.33 Å². The number of hydrogen-bond donors (Lipinski definition) is 1. The van der Waals surface area contributed by atoms with E-state index in [1.807, 2.05) is 13.8 Å². The molecular weight excluding hydrogens is 240 g/mol. The number of nitrogens with one attached hydrogen (secondary N) is 1. The first-order chi connectivity index (χ1) is 8.09. The van der Waals surface area contributed by atoms with Crippen LogP contribution in [0.4, 0.5) is 0 Å². The third kappa shape index (κ3) is 4.82. The van der Waals surface area contributed by atoms with E-state index in [0.717, 1.165) is 12.4 Å². The standard InChI is InChI=1S/C10H20N4O2S/c1-3-6-17(15,16)7-5-14-10(8-11-4-2)12-9-13-14/h9,11H,3-8H2,1-2H3. The molecule has 0 bridgehead atoms. The van der Waals surface area contributed by atoms with E-state index in [9.17, 15) is 8.42 Å². The molecule has 1 aromatic rings. The Morgan fingerprint density at radius 2 is 2.12 bits per heavy atom. The fourth-order valence-electron chi connectivity index (χ4n) is 1.49. The monoisotopic (exact) mass is 260 g/mol. The molecule has 98 valence electrons. The molecule has 0 amide bonds. The van der Waals surface area contributed by atoms with Gasteiger partial charge in [-0.05, 0) is 13.0 Å². The van der Waals surface area contributed by atoms with Crippen LogP contribution >= 0.6 is 0 Å². The minimum absolute atomic E-state index is 0.128. The Bertz CT molecular complexity index is 427. The Balaban J connectivity index is 2.54. The molecule has 0 fully saturated rings. The molecule has 0 aliphatic rings. The van der Waals surface area contributed by atoms with Crippen LogP contribution in [0.25, 0.3) is 0 Å². The number of aromatic nitrogens is 3. The summed E-state index contributed by atoms with van der Waals surface area (Å²) in [5, 5.41) is 7.17. The zero-order valence-corrected chi connectivity index (χ0v) is 11.2. The van der Waals surface area contributed by atoms with Crippen molar-refractivity contribution in [3.05, 3.63) is 12.2 Å². The zero-order valence-electron chi connectivity index (χ0n) is 10.4. The van der Waals surface area contributed by atoms with Gasteiger partial charge in [0.25, 0.3) is 0 Å². The molecule has 0 aliphatic heterocycles. The highest BCUT2D eigenvalue weighted by Crippen LogP contribution is 1.99. The van der Waals surface area contributed by atoms with Crippen LogP contribution in [0.2, 0.25) is 0 Å². The lowest BCUT2D eigenvalue weighted by Gasteiger charge is -2.06. The van der Waals surface area contributed by atoms with Gasteiger partial charge in [0.15, 0.2) is 9.84 Å². The molecule has 0 aliphatic carbocycles. The van der Waals surface area contributed by atoms with Crippen LogP contribution in [0.1, 0.15) is 26.1 Å². The van der Waals surface area contributed by atoms with Gasteiger partial charge < -0.3 is 5.32 Å². The molecule has 0 radical (unpaired) electrons. The van der Waals surface area contributed by atoms with Crippen molar-refractivity contribution < 1.29 is 8.42 Å². The molecular formula is C10H20N4O2S. The molecule has 6 nitrogen and oxygen atoms in total. The van der Waals surface area contributed by atoms with E-state index >= 15 is 0 Å². The highest BCUT2D eigenvalue weighted by molar-refractivity contribution is 7.91. The number of rotatable bonds is 8. The van der Waals surface area contributed by atoms with Gasteiger partial charge in [0.1, 0.15) is 12.2 Å². The molecule has 0 unspecified atom stereocenters. The Labute approximate surface area is 102 Å². The Hall–Kier alpha value is -0.950. The summed E-state index contributed by atoms with van der Waals surface area (Å²) in [5.41, 5.74) is 0. The normalized spacial score (nSPS) is 11.9. The van der Waals surface area contributed by atoms with Gasteiger partial charge in [0.05, 0.1) is 18.8 Å². The summed E-state index contributed by atoms with van der Waals surface area (Å²) < 4.78 is 24.8. The van der Waals surface area contributed by atoms with Crippen molar-refractivity contribution in [3.63, 3.8) is 0 Å². The van der Waals surface area contributed by atoms with Crippen molar-refractivity contribution >= 4 is 9.84 Å². The first-order valence-corrected chi connectivity index (χ1v) is 7.69. The number of hydrogen-bond acceptors (Lipinski definition) is 5. The van der Waals surface area contributed by atoms with Gasteiger partial charge in [0, 0.05) is 5.75 Å². The smallest absolute Gasteiger partial charge is 0.152 e. The van der Waals surface area contributed by atoms with E-state index in [-0.39, 0.29) is 11.5 Å². The Kier molecular flexibility index (Phi) is 5.57. The van der Waals surface area contributed by atoms with Crippen LogP contribution in [-0.2, 0) is 22.9 Å². The maximum atomic E-state index is 11.6. The van der Waals surface area contributed by atoms with E-state index in [1.54, 1.807) is 4.68 Å². The van der Waals surface area contributed by atoms with Crippen molar-refractivity contribution in [1.29, 1.82) is 0 Å². The van der Waals surface area contributed by atoms with E-state index in [2.05, 4.69) is 15.4 Å². The molecule has 17 heavy (non-hydrogen) atoms. The van der Waals surface area contributed by atoms with Gasteiger partial charge in [-0.15, -0.1) is 0 Å². The first-order valence-electron chi connectivity index (χ1n) is 5.87. The second-order valence-electron chi connectivity index (χ2n) is 3.83. The predicted octanol–water partition coefficient (Wildman–Crippen LogP) is 0.212. The summed E-state index contributed by atoms with van der Waals surface area (Å²) in [6.45, 7) is 5.71. The summed E-state index contributed by atoms with van der Waals surface area (Å²) in [4.78, 5) is 4.09. The van der Waals surface area contributed by atoms with Gasteiger partial charge in [0.2, 0.25) is 0 Å². The van der Waals surface area contributed by atoms with E-state index in [0.29, 0.717) is 19.5 Å². The average molecular weight is 260 g/mol. The highest BCUT2D eigenvalue weighted by Gasteiger charge is 2.11. The van der Waals surface area contributed by atoms with Gasteiger partial charge in [-0.3, -0.25) is 0 Å². The summed E-state index contributed by atoms with van der Waals surface area (Å²) >= 11 is 0. The number of nitrogens with zero attached hydrogens (tertiary/aromatic N) is 3. The number of aryl methyl sites for hydroxylation is 1. The summed E-state index contributed by atoms with van der Waals surface area (Å²) in [6, 6.07) is 0. The van der Waals surface area contributed by atoms with Crippen molar-refractivity contribution in [1.82, 2.24) is 20.1 Å². The molecule has 1 aromatic heterocycles. The minimum atomic E-state index is -2.95. The predicted molar refractivity (Wildman–Crippen MR) is 66.3 cm³/mol. The van der Waals surface area contributed by atoms with Crippen molar-refractivity contribution in [2.24, 2.45) is 0 Å². The molecule has 0 saturated carbocycles. The Morgan fingerprint density at radius 1 is 1.35 bits per heavy atom. The lowest BCUT2D eigenvalue weighted by Crippen LogP contribution is -2.21. The van der Waals surface area contributed by atoms with Crippen LogP contribution in [0.5, 0.6) is 0 Å². The molecule has 0 atom stereocenters. The first kappa shape index (κ1) is 14.1. The summed E-state index contributed by atoms with van der Waals surface area (Å²) in [5.74, 6) is 1.15. The van der Waals surface area contributed by atoms with Crippen LogP contribution < -0.4 is 5.32 Å². The fraction of sp³-hybridized carbons (Fsp3) is 0.800. The van der Waals surface area contributed by atoms with Gasteiger partial charge in [-0.2, -0.15) is 5.10 Å². The molecule has 0 aromatic carbocycles. The van der Waals surface area contributed by atoms with Crippen molar-refractivity contribution in [2.75, 3.05) is 18.1 Å². The minimum Gasteiger partial charge on any atom is -0.310 e. The van der Waals surface area contributed by atoms with Crippen LogP contribution in [-0.4, -0.2) is 41.2 Å². The lowest BCUT2D eigenvalue weighted by atomic mass is 10.5. The third-order valence-corrected chi connectivity index (χ3v) is 4.19. The quantitative estimate of drug-likeness (QED) is 0.723. The van der Waals surface area contributed by atoms with Crippen molar-refractivity contribution in [3.8, 4) is 0 Å². The van der Waals surface area contributed by atoms with Gasteiger partial charge >= 0.3 is 0 Å². The second kappa shape index (κ2) is 6.70. The molecule has 1 heterocycles. The van der Waals surface area contributed by atoms with E-state index < -0.39 is 9.84 Å². The van der Waals surface area contributed by atoms with Gasteiger partial charge in [-0.1, -0.05) is 13.8 Å². The van der Waals surface area contributed by atoms with Crippen LogP contribution in [0.15, 0.2) is 6.33 Å². The fourth-order valence-corrected chi connectivity index (χ4v) is 2.76. The van der Waals surface area contributed by atoms with Crippen LogP contribution in [0.3, 0.4) is 0 Å². The Morgan fingerprint density at radius 3 is 2.76 bits per heavy atom. The summed E-state index contributed by atoms with van der Waals surface area (Å²) in [6.07, 6.45) is 2.11. The molecule has 1 rings (SSSR count). The van der Waals surface area contributed by atoms with Crippen LogP contribution in [0, 0.1) is 0 Å². The topological polar surface area (TPSA) is 76.9 Å². The number of sulfone groups is 1. The van der Waals surface area contributed by atoms with Crippen molar-refractivity contribution in [2.45, 2.75) is 33.4 Å². The third-order valence-electron chi connectivity index (χ3n) is 2.36. The maximum Gasteiger partial charge on any atom is 0.152 e. The largest absolute Gasteiger partial charge is 0.310 e. The van der Waals surface area contributed by atoms with E-state index in [4.69, 9.17) is 0 Å².